The van der Waals surface area contributed by atoms with Crippen LogP contribution in [-0.4, -0.2) is 28.5 Å². The Balaban J connectivity index is 1.92. The van der Waals surface area contributed by atoms with Crippen LogP contribution in [0.5, 0.6) is 0 Å². The van der Waals surface area contributed by atoms with Crippen molar-refractivity contribution in [3.05, 3.63) is 23.1 Å². The van der Waals surface area contributed by atoms with Gasteiger partial charge < -0.3 is 4.90 Å². The molecular formula is C21H28N4S. The average Bonchev–Trinajstić information content (AvgIpc) is 3.22. The quantitative estimate of drug-likeness (QED) is 0.602. The number of aromatic nitrogens is 3. The maximum atomic E-state index is 5.12. The zero-order valence-corrected chi connectivity index (χ0v) is 17.1. The number of hydrogen-bond donors (Lipinski definition) is 0. The van der Waals surface area contributed by atoms with Crippen molar-refractivity contribution in [3.63, 3.8) is 0 Å². The Morgan fingerprint density at radius 3 is 2.77 bits per heavy atom. The van der Waals surface area contributed by atoms with Crippen molar-refractivity contribution in [1.82, 2.24) is 15.0 Å². The van der Waals surface area contributed by atoms with Crippen molar-refractivity contribution in [3.8, 4) is 0 Å². The van der Waals surface area contributed by atoms with Crippen molar-refractivity contribution < 1.29 is 0 Å². The topological polar surface area (TPSA) is 41.9 Å². The Morgan fingerprint density at radius 2 is 2.00 bits per heavy atom. The van der Waals surface area contributed by atoms with E-state index < -0.39 is 0 Å². The Bertz CT molecular complexity index is 944. The third-order valence-corrected chi connectivity index (χ3v) is 6.42. The predicted octanol–water partition coefficient (Wildman–Crippen LogP) is 5.16. The summed E-state index contributed by atoms with van der Waals surface area (Å²) in [7, 11) is 2.14. The molecule has 3 aromatic heterocycles. The van der Waals surface area contributed by atoms with E-state index in [1.165, 1.54) is 52.6 Å². The molecule has 138 valence electrons. The lowest BCUT2D eigenvalue weighted by atomic mass is 9.99. The van der Waals surface area contributed by atoms with E-state index in [4.69, 9.17) is 9.97 Å². The van der Waals surface area contributed by atoms with Crippen LogP contribution in [0, 0.1) is 5.92 Å². The van der Waals surface area contributed by atoms with E-state index in [2.05, 4.69) is 37.7 Å². The van der Waals surface area contributed by atoms with Gasteiger partial charge in [0, 0.05) is 24.7 Å². The highest BCUT2D eigenvalue weighted by molar-refractivity contribution is 7.26. The fourth-order valence-corrected chi connectivity index (χ4v) is 5.32. The summed E-state index contributed by atoms with van der Waals surface area (Å²) < 4.78 is 1.20. The van der Waals surface area contributed by atoms with Gasteiger partial charge in [-0.25, -0.2) is 15.0 Å². The van der Waals surface area contributed by atoms with Crippen molar-refractivity contribution >= 4 is 37.6 Å². The van der Waals surface area contributed by atoms with Gasteiger partial charge in [0.25, 0.3) is 0 Å². The number of thiophene rings is 1. The lowest BCUT2D eigenvalue weighted by Gasteiger charge is -2.17. The van der Waals surface area contributed by atoms with E-state index >= 15 is 0 Å². The van der Waals surface area contributed by atoms with Crippen LogP contribution in [0.15, 0.2) is 6.33 Å². The molecule has 0 radical (unpaired) electrons. The molecule has 0 atom stereocenters. The summed E-state index contributed by atoms with van der Waals surface area (Å²) in [5.74, 6) is 1.69. The van der Waals surface area contributed by atoms with E-state index in [9.17, 15) is 0 Å². The SMILES string of the molecule is CCCCN(C)c1ncnc2c1sc1nc(CC(C)C)c3c(c12)CCC3. The molecule has 0 aliphatic heterocycles. The molecule has 1 aliphatic rings. The molecule has 0 spiro atoms. The second-order valence-corrected chi connectivity index (χ2v) is 8.90. The van der Waals surface area contributed by atoms with Gasteiger partial charge in [-0.3, -0.25) is 0 Å². The van der Waals surface area contributed by atoms with Crippen LogP contribution in [0.25, 0.3) is 20.4 Å². The molecule has 26 heavy (non-hydrogen) atoms. The number of rotatable bonds is 6. The molecule has 0 fully saturated rings. The van der Waals surface area contributed by atoms with Gasteiger partial charge in [0.15, 0.2) is 0 Å². The van der Waals surface area contributed by atoms with Crippen LogP contribution in [-0.2, 0) is 19.3 Å². The van der Waals surface area contributed by atoms with Gasteiger partial charge in [-0.2, -0.15) is 0 Å². The highest BCUT2D eigenvalue weighted by Crippen LogP contribution is 2.42. The van der Waals surface area contributed by atoms with Crippen molar-refractivity contribution in [2.45, 2.75) is 59.3 Å². The van der Waals surface area contributed by atoms with Crippen molar-refractivity contribution in [2.24, 2.45) is 5.92 Å². The van der Waals surface area contributed by atoms with Crippen molar-refractivity contribution in [2.75, 3.05) is 18.5 Å². The van der Waals surface area contributed by atoms with E-state index in [1.807, 2.05) is 0 Å². The zero-order chi connectivity index (χ0) is 18.3. The Kier molecular flexibility index (Phi) is 4.82. The first-order valence-corrected chi connectivity index (χ1v) is 10.7. The van der Waals surface area contributed by atoms with Gasteiger partial charge in [-0.1, -0.05) is 27.2 Å². The molecule has 3 heterocycles. The predicted molar refractivity (Wildman–Crippen MR) is 111 cm³/mol. The smallest absolute Gasteiger partial charge is 0.149 e. The summed E-state index contributed by atoms with van der Waals surface area (Å²) in [6.45, 7) is 7.82. The summed E-state index contributed by atoms with van der Waals surface area (Å²) in [6.07, 6.45) is 8.75. The summed E-state index contributed by atoms with van der Waals surface area (Å²) in [4.78, 5) is 17.9. The number of hydrogen-bond acceptors (Lipinski definition) is 5. The minimum atomic E-state index is 0.634. The molecule has 0 aromatic carbocycles. The maximum Gasteiger partial charge on any atom is 0.149 e. The Morgan fingerprint density at radius 1 is 1.19 bits per heavy atom. The fourth-order valence-electron chi connectivity index (χ4n) is 4.09. The molecule has 0 saturated heterocycles. The van der Waals surface area contributed by atoms with Crippen LogP contribution in [0.3, 0.4) is 0 Å². The van der Waals surface area contributed by atoms with Gasteiger partial charge in [0.05, 0.1) is 10.2 Å². The first kappa shape index (κ1) is 17.7. The molecule has 3 aromatic rings. The summed E-state index contributed by atoms with van der Waals surface area (Å²) in [6, 6.07) is 0. The van der Waals surface area contributed by atoms with Gasteiger partial charge >= 0.3 is 0 Å². The Hall–Kier alpha value is -1.75. The first-order valence-electron chi connectivity index (χ1n) is 9.89. The maximum absolute atomic E-state index is 5.12. The van der Waals surface area contributed by atoms with Gasteiger partial charge in [-0.05, 0) is 49.1 Å². The highest BCUT2D eigenvalue weighted by atomic mass is 32.1. The summed E-state index contributed by atoms with van der Waals surface area (Å²) in [5.41, 5.74) is 5.45. The minimum Gasteiger partial charge on any atom is -0.358 e. The number of pyridine rings is 1. The molecule has 0 unspecified atom stereocenters. The molecule has 0 amide bonds. The standard InChI is InChI=1S/C21H28N4S/c1-5-6-10-25(4)20-19-18(22-12-23-20)17-15-9-7-8-14(15)16(11-13(2)3)24-21(17)26-19/h12-13H,5-11H2,1-4H3. The molecule has 0 bridgehead atoms. The largest absolute Gasteiger partial charge is 0.358 e. The van der Waals surface area contributed by atoms with Crippen LogP contribution >= 0.6 is 11.3 Å². The molecule has 5 heteroatoms. The number of fused-ring (bicyclic) bond motifs is 5. The molecule has 0 saturated carbocycles. The summed E-state index contributed by atoms with van der Waals surface area (Å²) >= 11 is 1.78. The molecular weight excluding hydrogens is 340 g/mol. The zero-order valence-electron chi connectivity index (χ0n) is 16.3. The van der Waals surface area contributed by atoms with Gasteiger partial charge in [0.1, 0.15) is 17.0 Å². The number of unbranched alkanes of at least 4 members (excludes halogenated alkanes) is 1. The second-order valence-electron chi connectivity index (χ2n) is 7.90. The second kappa shape index (κ2) is 7.10. The lowest BCUT2D eigenvalue weighted by molar-refractivity contribution is 0.632. The molecule has 4 nitrogen and oxygen atoms in total. The van der Waals surface area contributed by atoms with E-state index in [0.717, 1.165) is 35.6 Å². The van der Waals surface area contributed by atoms with Gasteiger partial charge in [0.2, 0.25) is 0 Å². The number of aryl methyl sites for hydroxylation is 1. The summed E-state index contributed by atoms with van der Waals surface area (Å²) in [5, 5.41) is 1.30. The van der Waals surface area contributed by atoms with E-state index in [-0.39, 0.29) is 0 Å². The third-order valence-electron chi connectivity index (χ3n) is 5.35. The number of anilines is 1. The van der Waals surface area contributed by atoms with E-state index in [0.29, 0.717) is 5.92 Å². The van der Waals surface area contributed by atoms with Crippen molar-refractivity contribution in [1.29, 1.82) is 0 Å². The van der Waals surface area contributed by atoms with Crippen LogP contribution < -0.4 is 4.90 Å². The molecule has 0 N–H and O–H groups in total. The van der Waals surface area contributed by atoms with Crippen LogP contribution in [0.4, 0.5) is 5.82 Å². The molecule has 4 rings (SSSR count). The fraction of sp³-hybridized carbons (Fsp3) is 0.571. The van der Waals surface area contributed by atoms with Gasteiger partial charge in [-0.15, -0.1) is 11.3 Å². The first-order chi connectivity index (χ1) is 12.6. The lowest BCUT2D eigenvalue weighted by Crippen LogP contribution is -2.19. The minimum absolute atomic E-state index is 0.634. The third kappa shape index (κ3) is 2.96. The van der Waals surface area contributed by atoms with Crippen LogP contribution in [0.1, 0.15) is 56.9 Å². The normalized spacial score (nSPS) is 13.9. The number of nitrogens with zero attached hydrogens (tertiary/aromatic N) is 4. The average molecular weight is 369 g/mol. The van der Waals surface area contributed by atoms with E-state index in [1.54, 1.807) is 17.7 Å². The monoisotopic (exact) mass is 368 g/mol. The molecule has 1 aliphatic carbocycles. The highest BCUT2D eigenvalue weighted by Gasteiger charge is 2.25. The Labute approximate surface area is 159 Å². The van der Waals surface area contributed by atoms with Crippen LogP contribution in [0.2, 0.25) is 0 Å².